The zero-order valence-electron chi connectivity index (χ0n) is 15.2. The van der Waals surface area contributed by atoms with E-state index in [4.69, 9.17) is 5.73 Å². The fourth-order valence-corrected chi connectivity index (χ4v) is 3.92. The van der Waals surface area contributed by atoms with Gasteiger partial charge in [0.2, 0.25) is 0 Å². The molecule has 3 aromatic rings. The van der Waals surface area contributed by atoms with Crippen LogP contribution in [0.15, 0.2) is 48.5 Å². The second kappa shape index (κ2) is 9.02. The third-order valence-electron chi connectivity index (χ3n) is 5.14. The van der Waals surface area contributed by atoms with Gasteiger partial charge in [-0.25, -0.2) is 9.37 Å². The summed E-state index contributed by atoms with van der Waals surface area (Å²) in [6, 6.07) is 15.4. The van der Waals surface area contributed by atoms with Crippen molar-refractivity contribution >= 4 is 35.8 Å². The molecule has 0 spiro atoms. The zero-order valence-corrected chi connectivity index (χ0v) is 16.8. The fourth-order valence-electron chi connectivity index (χ4n) is 3.92. The van der Waals surface area contributed by atoms with E-state index in [0.29, 0.717) is 5.92 Å². The van der Waals surface area contributed by atoms with Crippen LogP contribution < -0.4 is 5.73 Å². The molecular weight excluding hydrogens is 386 g/mol. The molecule has 1 fully saturated rings. The van der Waals surface area contributed by atoms with Gasteiger partial charge in [-0.15, -0.1) is 24.8 Å². The molecule has 146 valence electrons. The Balaban J connectivity index is 0.00000131. The zero-order chi connectivity index (χ0) is 17.4. The second-order valence-corrected chi connectivity index (χ2v) is 6.78. The van der Waals surface area contributed by atoms with Gasteiger partial charge in [-0.05, 0) is 24.6 Å². The van der Waals surface area contributed by atoms with Crippen molar-refractivity contribution in [2.24, 2.45) is 5.73 Å². The van der Waals surface area contributed by atoms with Gasteiger partial charge >= 0.3 is 0 Å². The van der Waals surface area contributed by atoms with Crippen molar-refractivity contribution in [2.45, 2.75) is 32.0 Å². The van der Waals surface area contributed by atoms with E-state index in [1.54, 1.807) is 0 Å². The number of nitrogens with two attached hydrogens (primary N) is 1. The highest BCUT2D eigenvalue weighted by Crippen LogP contribution is 2.28. The summed E-state index contributed by atoms with van der Waals surface area (Å²) in [6.07, 6.45) is 0. The maximum absolute atomic E-state index is 13.5. The largest absolute Gasteiger partial charge is 0.327 e. The lowest BCUT2D eigenvalue weighted by Crippen LogP contribution is -2.29. The van der Waals surface area contributed by atoms with Crippen molar-refractivity contribution in [2.75, 3.05) is 13.1 Å². The number of fused-ring (bicyclic) bond motifs is 1. The highest BCUT2D eigenvalue weighted by molar-refractivity contribution is 5.85. The highest BCUT2D eigenvalue weighted by atomic mass is 35.5. The molecule has 2 aromatic carbocycles. The average Bonchev–Trinajstić information content (AvgIpc) is 3.14. The van der Waals surface area contributed by atoms with Crippen LogP contribution in [0.5, 0.6) is 0 Å². The van der Waals surface area contributed by atoms with Gasteiger partial charge in [-0.3, -0.25) is 4.90 Å². The van der Waals surface area contributed by atoms with Gasteiger partial charge in [0.05, 0.1) is 17.6 Å². The molecule has 0 radical (unpaired) electrons. The number of benzene rings is 2. The topological polar surface area (TPSA) is 47.1 Å². The Morgan fingerprint density at radius 2 is 1.85 bits per heavy atom. The van der Waals surface area contributed by atoms with Gasteiger partial charge in [-0.2, -0.15) is 0 Å². The molecule has 1 aromatic heterocycles. The van der Waals surface area contributed by atoms with Crippen molar-refractivity contribution < 1.29 is 4.39 Å². The maximum Gasteiger partial charge on any atom is 0.125 e. The lowest BCUT2D eigenvalue weighted by atomic mass is 9.95. The van der Waals surface area contributed by atoms with Crippen molar-refractivity contribution in [1.29, 1.82) is 0 Å². The third-order valence-corrected chi connectivity index (χ3v) is 5.14. The van der Waals surface area contributed by atoms with Gasteiger partial charge in [-0.1, -0.05) is 30.3 Å². The summed E-state index contributed by atoms with van der Waals surface area (Å²) in [7, 11) is 0. The van der Waals surface area contributed by atoms with Crippen LogP contribution in [0.2, 0.25) is 0 Å². The SMILES string of the molecule is CCn1c(CN2C[C@@H](N)[C@H](c3ccccc3)C2)nc2cc(F)ccc21.Cl.Cl. The lowest BCUT2D eigenvalue weighted by Gasteiger charge is -2.16. The van der Waals surface area contributed by atoms with Gasteiger partial charge < -0.3 is 10.3 Å². The van der Waals surface area contributed by atoms with Crippen LogP contribution in [-0.2, 0) is 13.1 Å². The van der Waals surface area contributed by atoms with Crippen LogP contribution in [0.4, 0.5) is 4.39 Å². The minimum atomic E-state index is -0.243. The monoisotopic (exact) mass is 410 g/mol. The maximum atomic E-state index is 13.5. The summed E-state index contributed by atoms with van der Waals surface area (Å²) in [5.74, 6) is 1.08. The molecule has 2 N–H and O–H groups in total. The van der Waals surface area contributed by atoms with Gasteiger partial charge in [0, 0.05) is 37.7 Å². The molecule has 0 saturated carbocycles. The number of likely N-dealkylation sites (tertiary alicyclic amines) is 1. The minimum Gasteiger partial charge on any atom is -0.327 e. The summed E-state index contributed by atoms with van der Waals surface area (Å²) in [4.78, 5) is 7.02. The summed E-state index contributed by atoms with van der Waals surface area (Å²) < 4.78 is 15.7. The van der Waals surface area contributed by atoms with E-state index < -0.39 is 0 Å². The average molecular weight is 411 g/mol. The van der Waals surface area contributed by atoms with E-state index in [1.165, 1.54) is 17.7 Å². The van der Waals surface area contributed by atoms with Crippen LogP contribution in [0.1, 0.15) is 24.2 Å². The number of rotatable bonds is 4. The number of hydrogen-bond donors (Lipinski definition) is 1. The van der Waals surface area contributed by atoms with Crippen LogP contribution in [0, 0.1) is 5.82 Å². The van der Waals surface area contributed by atoms with Crippen molar-refractivity contribution in [1.82, 2.24) is 14.5 Å². The highest BCUT2D eigenvalue weighted by Gasteiger charge is 2.31. The number of halogens is 3. The van der Waals surface area contributed by atoms with Crippen molar-refractivity contribution in [3.8, 4) is 0 Å². The number of hydrogen-bond acceptors (Lipinski definition) is 3. The molecule has 0 unspecified atom stereocenters. The second-order valence-electron chi connectivity index (χ2n) is 6.78. The van der Waals surface area contributed by atoms with E-state index in [2.05, 4.69) is 45.6 Å². The molecule has 0 amide bonds. The molecule has 0 bridgehead atoms. The standard InChI is InChI=1S/C20H23FN4.2ClH/c1-2-25-19-9-8-15(21)10-18(19)23-20(25)13-24-11-16(17(22)12-24)14-6-4-3-5-7-14;;/h3-10,16-17H,2,11-13,22H2,1H3;2*1H/t16-,17+;;/m0../s1. The number of nitrogens with zero attached hydrogens (tertiary/aromatic N) is 3. The molecule has 1 aliphatic rings. The smallest absolute Gasteiger partial charge is 0.125 e. The van der Waals surface area contributed by atoms with E-state index in [9.17, 15) is 4.39 Å². The molecule has 0 aliphatic carbocycles. The molecular formula is C20H25Cl2FN4. The van der Waals surface area contributed by atoms with Gasteiger partial charge in [0.25, 0.3) is 0 Å². The normalized spacial score (nSPS) is 19.7. The first-order chi connectivity index (χ1) is 12.2. The first-order valence-corrected chi connectivity index (χ1v) is 8.83. The van der Waals surface area contributed by atoms with Gasteiger partial charge in [0.1, 0.15) is 11.6 Å². The Kier molecular flexibility index (Phi) is 7.23. The molecule has 4 nitrogen and oxygen atoms in total. The van der Waals surface area contributed by atoms with E-state index >= 15 is 0 Å². The molecule has 7 heteroatoms. The van der Waals surface area contributed by atoms with Crippen LogP contribution in [-0.4, -0.2) is 33.6 Å². The molecule has 4 rings (SSSR count). The summed E-state index contributed by atoms with van der Waals surface area (Å²) in [5, 5.41) is 0. The molecule has 1 saturated heterocycles. The number of aromatic nitrogens is 2. The predicted octanol–water partition coefficient (Wildman–Crippen LogP) is 3.97. The van der Waals surface area contributed by atoms with E-state index in [0.717, 1.165) is 43.0 Å². The number of imidazole rings is 1. The molecule has 2 heterocycles. The van der Waals surface area contributed by atoms with Crippen LogP contribution >= 0.6 is 24.8 Å². The summed E-state index contributed by atoms with van der Waals surface area (Å²) >= 11 is 0. The third kappa shape index (κ3) is 4.27. The Morgan fingerprint density at radius 1 is 1.11 bits per heavy atom. The lowest BCUT2D eigenvalue weighted by molar-refractivity contribution is 0.310. The molecule has 2 atom stereocenters. The number of aryl methyl sites for hydroxylation is 1. The van der Waals surface area contributed by atoms with E-state index in [1.807, 2.05) is 12.1 Å². The molecule has 27 heavy (non-hydrogen) atoms. The van der Waals surface area contributed by atoms with E-state index in [-0.39, 0.29) is 36.7 Å². The first-order valence-electron chi connectivity index (χ1n) is 8.83. The summed E-state index contributed by atoms with van der Waals surface area (Å²) in [5.41, 5.74) is 9.41. The van der Waals surface area contributed by atoms with Crippen molar-refractivity contribution in [3.63, 3.8) is 0 Å². The van der Waals surface area contributed by atoms with Crippen molar-refractivity contribution in [3.05, 3.63) is 65.7 Å². The fraction of sp³-hybridized carbons (Fsp3) is 0.350. The summed E-state index contributed by atoms with van der Waals surface area (Å²) in [6.45, 7) is 5.42. The Morgan fingerprint density at radius 3 is 2.56 bits per heavy atom. The van der Waals surface area contributed by atoms with Crippen LogP contribution in [0.3, 0.4) is 0 Å². The molecule has 1 aliphatic heterocycles. The Labute approximate surface area is 171 Å². The van der Waals surface area contributed by atoms with Crippen LogP contribution in [0.25, 0.3) is 11.0 Å². The Hall–Kier alpha value is -1.66. The Bertz CT molecular complexity index is 884. The predicted molar refractivity (Wildman–Crippen MR) is 112 cm³/mol. The quantitative estimate of drug-likeness (QED) is 0.707. The first kappa shape index (κ1) is 21.6. The van der Waals surface area contributed by atoms with Gasteiger partial charge in [0.15, 0.2) is 0 Å². The minimum absolute atomic E-state index is 0.